The summed E-state index contributed by atoms with van der Waals surface area (Å²) in [5.74, 6) is 0. The summed E-state index contributed by atoms with van der Waals surface area (Å²) in [5.41, 5.74) is 0.577. The van der Waals surface area contributed by atoms with Crippen LogP contribution in [0.4, 0.5) is 5.00 Å². The van der Waals surface area contributed by atoms with Crippen molar-refractivity contribution in [2.45, 2.75) is 0 Å². The molecule has 0 spiro atoms. The molecule has 0 aromatic carbocycles. The molecule has 0 bridgehead atoms. The highest BCUT2D eigenvalue weighted by atomic mass is 79.9. The van der Waals surface area contributed by atoms with Crippen molar-refractivity contribution in [2.24, 2.45) is 0 Å². The SMILES string of the molecule is [C-]#[N+]c1cnc(-c2cnc(Br)nn2)s1. The van der Waals surface area contributed by atoms with Gasteiger partial charge in [-0.2, -0.15) is 0 Å². The molecule has 0 saturated carbocycles. The smallest absolute Gasteiger partial charge is 0.255 e. The number of thiazole rings is 1. The van der Waals surface area contributed by atoms with E-state index in [1.165, 1.54) is 17.5 Å². The zero-order valence-corrected chi connectivity index (χ0v) is 9.08. The predicted octanol–water partition coefficient (Wildman–Crippen LogP) is 2.31. The fourth-order valence-corrected chi connectivity index (χ4v) is 1.63. The highest BCUT2D eigenvalue weighted by Crippen LogP contribution is 2.28. The molecule has 0 N–H and O–H groups in total. The lowest BCUT2D eigenvalue weighted by atomic mass is 10.5. The van der Waals surface area contributed by atoms with E-state index in [2.05, 4.69) is 40.9 Å². The van der Waals surface area contributed by atoms with E-state index in [4.69, 9.17) is 6.57 Å². The lowest BCUT2D eigenvalue weighted by Crippen LogP contribution is -1.89. The minimum Gasteiger partial charge on any atom is -0.255 e. The van der Waals surface area contributed by atoms with Crippen LogP contribution in [0.3, 0.4) is 0 Å². The summed E-state index contributed by atoms with van der Waals surface area (Å²) < 4.78 is 0.434. The lowest BCUT2D eigenvalue weighted by Gasteiger charge is -1.91. The molecule has 2 rings (SSSR count). The van der Waals surface area contributed by atoms with Gasteiger partial charge in [0.25, 0.3) is 5.00 Å². The van der Waals surface area contributed by atoms with Crippen LogP contribution in [0.15, 0.2) is 17.1 Å². The summed E-state index contributed by atoms with van der Waals surface area (Å²) in [6.45, 7) is 6.79. The summed E-state index contributed by atoms with van der Waals surface area (Å²) in [6, 6.07) is 0. The van der Waals surface area contributed by atoms with E-state index in [1.807, 2.05) is 0 Å². The van der Waals surface area contributed by atoms with Gasteiger partial charge in [-0.15, -0.1) is 21.5 Å². The summed E-state index contributed by atoms with van der Waals surface area (Å²) in [5, 5.41) is 8.81. The van der Waals surface area contributed by atoms with E-state index in [0.717, 1.165) is 0 Å². The van der Waals surface area contributed by atoms with Crippen LogP contribution in [0.2, 0.25) is 0 Å². The van der Waals surface area contributed by atoms with Crippen LogP contribution in [0, 0.1) is 6.57 Å². The Morgan fingerprint density at radius 2 is 2.14 bits per heavy atom. The van der Waals surface area contributed by atoms with Gasteiger partial charge in [0.2, 0.25) is 4.73 Å². The zero-order valence-electron chi connectivity index (χ0n) is 6.68. The topological polar surface area (TPSA) is 55.9 Å². The predicted molar refractivity (Wildman–Crippen MR) is 54.9 cm³/mol. The minimum atomic E-state index is 0.434. The van der Waals surface area contributed by atoms with Gasteiger partial charge in [-0.05, 0) is 15.9 Å². The molecule has 0 saturated heterocycles. The van der Waals surface area contributed by atoms with Gasteiger partial charge < -0.3 is 0 Å². The van der Waals surface area contributed by atoms with Crippen molar-refractivity contribution in [2.75, 3.05) is 0 Å². The van der Waals surface area contributed by atoms with Crippen LogP contribution in [-0.4, -0.2) is 20.2 Å². The molecule has 0 fully saturated rings. The molecule has 0 amide bonds. The second kappa shape index (κ2) is 3.77. The summed E-state index contributed by atoms with van der Waals surface area (Å²) in [7, 11) is 0. The first-order chi connectivity index (χ1) is 6.79. The highest BCUT2D eigenvalue weighted by Gasteiger charge is 2.06. The van der Waals surface area contributed by atoms with Crippen LogP contribution in [0.5, 0.6) is 0 Å². The quantitative estimate of drug-likeness (QED) is 0.745. The Hall–Kier alpha value is -1.39. The Morgan fingerprint density at radius 3 is 2.71 bits per heavy atom. The minimum absolute atomic E-state index is 0.434. The highest BCUT2D eigenvalue weighted by molar-refractivity contribution is 9.10. The van der Waals surface area contributed by atoms with Crippen LogP contribution in [-0.2, 0) is 0 Å². The average molecular weight is 268 g/mol. The molecule has 0 atom stereocenters. The van der Waals surface area contributed by atoms with Gasteiger partial charge in [0.05, 0.1) is 12.8 Å². The van der Waals surface area contributed by atoms with Gasteiger partial charge in [0, 0.05) is 6.20 Å². The molecule has 5 nitrogen and oxygen atoms in total. The third-order valence-corrected chi connectivity index (χ3v) is 2.63. The number of aromatic nitrogens is 4. The fourth-order valence-electron chi connectivity index (χ4n) is 0.795. The summed E-state index contributed by atoms with van der Waals surface area (Å²) >= 11 is 4.36. The van der Waals surface area contributed by atoms with E-state index >= 15 is 0 Å². The van der Waals surface area contributed by atoms with Crippen molar-refractivity contribution in [1.82, 2.24) is 20.2 Å². The largest absolute Gasteiger partial charge is 0.260 e. The fraction of sp³-hybridized carbons (Fsp3) is 0. The van der Waals surface area contributed by atoms with E-state index in [0.29, 0.717) is 20.4 Å². The Labute approximate surface area is 91.8 Å². The molecule has 7 heteroatoms. The van der Waals surface area contributed by atoms with Crippen LogP contribution >= 0.6 is 27.3 Å². The number of hydrogen-bond donors (Lipinski definition) is 0. The summed E-state index contributed by atoms with van der Waals surface area (Å²) in [6.07, 6.45) is 3.07. The molecule has 68 valence electrons. The van der Waals surface area contributed by atoms with Crippen LogP contribution < -0.4 is 0 Å². The molecule has 14 heavy (non-hydrogen) atoms. The molecule has 0 aliphatic rings. The summed E-state index contributed by atoms with van der Waals surface area (Å²) in [4.78, 5) is 11.2. The van der Waals surface area contributed by atoms with Gasteiger partial charge in [-0.3, -0.25) is 4.98 Å². The number of rotatable bonds is 1. The van der Waals surface area contributed by atoms with E-state index in [1.54, 1.807) is 6.20 Å². The van der Waals surface area contributed by atoms with Crippen LogP contribution in [0.25, 0.3) is 15.5 Å². The Bertz CT molecular complexity index is 486. The van der Waals surface area contributed by atoms with Crippen LogP contribution in [0.1, 0.15) is 0 Å². The third-order valence-electron chi connectivity index (χ3n) is 1.36. The molecule has 0 unspecified atom stereocenters. The number of nitrogens with zero attached hydrogens (tertiary/aromatic N) is 5. The van der Waals surface area contributed by atoms with Crippen molar-refractivity contribution < 1.29 is 0 Å². The average Bonchev–Trinajstić information content (AvgIpc) is 2.67. The zero-order chi connectivity index (χ0) is 9.97. The molecule has 2 aromatic rings. The normalized spacial score (nSPS) is 9.71. The molecular formula is C7H2BrN5S. The van der Waals surface area contributed by atoms with E-state index < -0.39 is 0 Å². The van der Waals surface area contributed by atoms with Gasteiger partial charge in [-0.1, -0.05) is 0 Å². The first kappa shape index (κ1) is 9.18. The third kappa shape index (κ3) is 1.76. The Morgan fingerprint density at radius 1 is 1.29 bits per heavy atom. The van der Waals surface area contributed by atoms with Gasteiger partial charge >= 0.3 is 0 Å². The molecule has 2 aromatic heterocycles. The van der Waals surface area contributed by atoms with Crippen molar-refractivity contribution in [1.29, 1.82) is 0 Å². The molecule has 0 radical (unpaired) electrons. The van der Waals surface area contributed by atoms with Gasteiger partial charge in [0.15, 0.2) is 0 Å². The first-order valence-corrected chi connectivity index (χ1v) is 5.09. The monoisotopic (exact) mass is 267 g/mol. The number of halogens is 1. The van der Waals surface area contributed by atoms with Gasteiger partial charge in [0.1, 0.15) is 10.7 Å². The van der Waals surface area contributed by atoms with Crippen molar-refractivity contribution >= 4 is 32.3 Å². The van der Waals surface area contributed by atoms with Gasteiger partial charge in [-0.25, -0.2) is 9.83 Å². The Balaban J connectivity index is 2.40. The molecular weight excluding hydrogens is 266 g/mol. The molecule has 2 heterocycles. The lowest BCUT2D eigenvalue weighted by molar-refractivity contribution is 0.940. The van der Waals surface area contributed by atoms with Crippen molar-refractivity contribution in [3.8, 4) is 10.7 Å². The Kier molecular flexibility index (Phi) is 2.47. The maximum atomic E-state index is 6.79. The number of hydrogen-bond acceptors (Lipinski definition) is 5. The second-order valence-electron chi connectivity index (χ2n) is 2.23. The van der Waals surface area contributed by atoms with Crippen molar-refractivity contribution in [3.63, 3.8) is 0 Å². The maximum absolute atomic E-state index is 6.79. The van der Waals surface area contributed by atoms with E-state index in [-0.39, 0.29) is 0 Å². The molecule has 0 aliphatic carbocycles. The second-order valence-corrected chi connectivity index (χ2v) is 3.95. The van der Waals surface area contributed by atoms with Crippen molar-refractivity contribution in [3.05, 3.63) is 28.5 Å². The standard InChI is InChI=1S/C7H2BrN5S/c1-9-5-3-10-6(14-5)4-2-11-7(8)13-12-4/h2-3H. The first-order valence-electron chi connectivity index (χ1n) is 3.48. The maximum Gasteiger partial charge on any atom is 0.260 e. The van der Waals surface area contributed by atoms with E-state index in [9.17, 15) is 0 Å². The molecule has 0 aliphatic heterocycles.